The van der Waals surface area contributed by atoms with Gasteiger partial charge in [0.25, 0.3) is 0 Å². The zero-order chi connectivity index (χ0) is 16.2. The lowest BCUT2D eigenvalue weighted by Crippen LogP contribution is -2.47. The van der Waals surface area contributed by atoms with Crippen LogP contribution in [0.15, 0.2) is 0 Å². The summed E-state index contributed by atoms with van der Waals surface area (Å²) < 4.78 is 0. The van der Waals surface area contributed by atoms with Crippen LogP contribution in [0.3, 0.4) is 0 Å². The number of amides is 2. The minimum atomic E-state index is -0.434. The van der Waals surface area contributed by atoms with Gasteiger partial charge in [-0.05, 0) is 44.1 Å². The number of nitrogens with one attached hydrogen (secondary N) is 1. The molecule has 5 nitrogen and oxygen atoms in total. The van der Waals surface area contributed by atoms with Crippen molar-refractivity contribution in [2.45, 2.75) is 64.8 Å². The van der Waals surface area contributed by atoms with E-state index in [-0.39, 0.29) is 29.6 Å². The van der Waals surface area contributed by atoms with Crippen molar-refractivity contribution in [1.82, 2.24) is 10.2 Å². The van der Waals surface area contributed by atoms with Crippen molar-refractivity contribution in [1.29, 1.82) is 0 Å². The van der Waals surface area contributed by atoms with Crippen molar-refractivity contribution in [3.8, 4) is 0 Å². The zero-order valence-electron chi connectivity index (χ0n) is 14.5. The van der Waals surface area contributed by atoms with Crippen LogP contribution in [-0.4, -0.2) is 42.4 Å². The predicted octanol–water partition coefficient (Wildman–Crippen LogP) is 2.08. The molecule has 1 saturated heterocycles. The molecule has 0 aromatic carbocycles. The van der Waals surface area contributed by atoms with Gasteiger partial charge in [0, 0.05) is 19.5 Å². The minimum absolute atomic E-state index is 0. The van der Waals surface area contributed by atoms with E-state index in [1.54, 1.807) is 6.92 Å². The normalized spacial score (nSPS) is 26.5. The molecule has 2 atom stereocenters. The molecule has 3 N–H and O–H groups in total. The van der Waals surface area contributed by atoms with E-state index in [0.717, 1.165) is 25.8 Å². The Balaban J connectivity index is 0.00000264. The molecule has 2 unspecified atom stereocenters. The van der Waals surface area contributed by atoms with Gasteiger partial charge >= 0.3 is 0 Å². The molecule has 0 aromatic heterocycles. The highest BCUT2D eigenvalue weighted by atomic mass is 35.5. The lowest BCUT2D eigenvalue weighted by Gasteiger charge is -2.26. The molecule has 6 heteroatoms. The first-order chi connectivity index (χ1) is 10.4. The van der Waals surface area contributed by atoms with Crippen LogP contribution in [-0.2, 0) is 9.59 Å². The van der Waals surface area contributed by atoms with Crippen LogP contribution < -0.4 is 11.1 Å². The first kappa shape index (κ1) is 20.2. The summed E-state index contributed by atoms with van der Waals surface area (Å²) in [6, 6.07) is -0.434. The quantitative estimate of drug-likeness (QED) is 0.801. The Hall–Kier alpha value is -0.810. The molecule has 2 fully saturated rings. The van der Waals surface area contributed by atoms with Gasteiger partial charge in [0.1, 0.15) is 6.04 Å². The smallest absolute Gasteiger partial charge is 0.244 e. The van der Waals surface area contributed by atoms with Crippen LogP contribution >= 0.6 is 12.4 Å². The van der Waals surface area contributed by atoms with Crippen molar-refractivity contribution >= 4 is 24.2 Å². The average molecular weight is 346 g/mol. The fourth-order valence-electron chi connectivity index (χ4n) is 3.67. The molecule has 2 amide bonds. The van der Waals surface area contributed by atoms with Gasteiger partial charge in [-0.15, -0.1) is 12.4 Å². The fraction of sp³-hybridized carbons (Fsp3) is 0.882. The molecule has 1 saturated carbocycles. The summed E-state index contributed by atoms with van der Waals surface area (Å²) in [5, 5.41) is 2.89. The van der Waals surface area contributed by atoms with Gasteiger partial charge in [-0.3, -0.25) is 9.59 Å². The number of halogens is 1. The molecular formula is C17H32ClN3O2. The van der Waals surface area contributed by atoms with E-state index in [0.29, 0.717) is 25.4 Å². The second-order valence-electron chi connectivity index (χ2n) is 7.52. The third kappa shape index (κ3) is 5.64. The van der Waals surface area contributed by atoms with E-state index in [4.69, 9.17) is 5.73 Å². The van der Waals surface area contributed by atoms with Gasteiger partial charge in [-0.2, -0.15) is 0 Å². The topological polar surface area (TPSA) is 75.4 Å². The third-order valence-corrected chi connectivity index (χ3v) is 5.31. The maximum absolute atomic E-state index is 12.4. The first-order valence-corrected chi connectivity index (χ1v) is 8.72. The Bertz CT molecular complexity index is 413. The molecule has 1 heterocycles. The Kier molecular flexibility index (Phi) is 7.81. The van der Waals surface area contributed by atoms with Gasteiger partial charge in [0.2, 0.25) is 11.8 Å². The highest BCUT2D eigenvalue weighted by Gasteiger charge is 2.36. The molecule has 134 valence electrons. The number of nitrogens with two attached hydrogens (primary N) is 1. The van der Waals surface area contributed by atoms with Crippen LogP contribution in [0.1, 0.15) is 58.8 Å². The Morgan fingerprint density at radius 3 is 2.52 bits per heavy atom. The summed E-state index contributed by atoms with van der Waals surface area (Å²) in [6.45, 7) is 5.95. The van der Waals surface area contributed by atoms with Crippen LogP contribution in [0.25, 0.3) is 0 Å². The van der Waals surface area contributed by atoms with Gasteiger partial charge in [-0.25, -0.2) is 0 Å². The molecule has 0 spiro atoms. The van der Waals surface area contributed by atoms with Crippen molar-refractivity contribution in [3.63, 3.8) is 0 Å². The van der Waals surface area contributed by atoms with Crippen LogP contribution in [0.5, 0.6) is 0 Å². The highest BCUT2D eigenvalue weighted by Crippen LogP contribution is 2.29. The second-order valence-corrected chi connectivity index (χ2v) is 7.52. The molecule has 0 aromatic rings. The summed E-state index contributed by atoms with van der Waals surface area (Å²) in [5.74, 6) is 0.547. The highest BCUT2D eigenvalue weighted by molar-refractivity contribution is 5.87. The first-order valence-electron chi connectivity index (χ1n) is 8.72. The number of carbonyl (C=O) groups excluding carboxylic acids is 2. The largest absolute Gasteiger partial charge is 0.345 e. The average Bonchev–Trinajstić information content (AvgIpc) is 2.90. The molecular weight excluding hydrogens is 314 g/mol. The number of hydrogen-bond acceptors (Lipinski definition) is 3. The molecule has 2 aliphatic rings. The number of hydrogen-bond donors (Lipinski definition) is 2. The summed E-state index contributed by atoms with van der Waals surface area (Å²) >= 11 is 0. The maximum Gasteiger partial charge on any atom is 0.244 e. The van der Waals surface area contributed by atoms with Crippen molar-refractivity contribution in [2.75, 3.05) is 19.6 Å². The van der Waals surface area contributed by atoms with Crippen molar-refractivity contribution in [2.24, 2.45) is 17.1 Å². The Morgan fingerprint density at radius 1 is 1.30 bits per heavy atom. The number of rotatable bonds is 5. The monoisotopic (exact) mass is 345 g/mol. The van der Waals surface area contributed by atoms with Gasteiger partial charge in [-0.1, -0.05) is 26.2 Å². The van der Waals surface area contributed by atoms with E-state index in [9.17, 15) is 9.59 Å². The number of likely N-dealkylation sites (tertiary alicyclic amines) is 1. The van der Waals surface area contributed by atoms with E-state index in [1.807, 2.05) is 4.90 Å². The number of nitrogens with zero attached hydrogens (tertiary/aromatic N) is 1. The van der Waals surface area contributed by atoms with Gasteiger partial charge in [0.15, 0.2) is 0 Å². The van der Waals surface area contributed by atoms with Gasteiger partial charge in [0.05, 0.1) is 0 Å². The van der Waals surface area contributed by atoms with Crippen molar-refractivity contribution < 1.29 is 9.59 Å². The second kappa shape index (κ2) is 8.88. The zero-order valence-corrected chi connectivity index (χ0v) is 15.3. The van der Waals surface area contributed by atoms with E-state index in [1.165, 1.54) is 19.3 Å². The Labute approximate surface area is 146 Å². The van der Waals surface area contributed by atoms with E-state index < -0.39 is 6.04 Å². The van der Waals surface area contributed by atoms with E-state index >= 15 is 0 Å². The van der Waals surface area contributed by atoms with Crippen LogP contribution in [0.4, 0.5) is 0 Å². The lowest BCUT2D eigenvalue weighted by atomic mass is 9.87. The fourth-order valence-corrected chi connectivity index (χ4v) is 3.67. The SMILES string of the molecule is CC(NC(=O)CC1CCCCC1)C(=O)N1CCC(C)(CN)C1.Cl. The van der Waals surface area contributed by atoms with Crippen LogP contribution in [0, 0.1) is 11.3 Å². The summed E-state index contributed by atoms with van der Waals surface area (Å²) in [4.78, 5) is 26.4. The van der Waals surface area contributed by atoms with Crippen LogP contribution in [0.2, 0.25) is 0 Å². The summed E-state index contributed by atoms with van der Waals surface area (Å²) in [6.07, 6.45) is 7.57. The Morgan fingerprint density at radius 2 is 1.96 bits per heavy atom. The van der Waals surface area contributed by atoms with Gasteiger partial charge < -0.3 is 16.0 Å². The van der Waals surface area contributed by atoms with Crippen molar-refractivity contribution in [3.05, 3.63) is 0 Å². The minimum Gasteiger partial charge on any atom is -0.345 e. The molecule has 23 heavy (non-hydrogen) atoms. The lowest BCUT2D eigenvalue weighted by molar-refractivity contribution is -0.135. The van der Waals surface area contributed by atoms with E-state index in [2.05, 4.69) is 12.2 Å². The molecule has 2 rings (SSSR count). The predicted molar refractivity (Wildman–Crippen MR) is 94.4 cm³/mol. The standard InChI is InChI=1S/C17H31N3O2.ClH/c1-13(16(22)20-9-8-17(2,11-18)12-20)19-15(21)10-14-6-4-3-5-7-14;/h13-14H,3-12,18H2,1-2H3,(H,19,21);1H. The molecule has 0 bridgehead atoms. The summed E-state index contributed by atoms with van der Waals surface area (Å²) in [7, 11) is 0. The number of carbonyl (C=O) groups is 2. The molecule has 1 aliphatic heterocycles. The molecule has 0 radical (unpaired) electrons. The third-order valence-electron chi connectivity index (χ3n) is 5.31. The molecule has 1 aliphatic carbocycles. The summed E-state index contributed by atoms with van der Waals surface area (Å²) in [5.41, 5.74) is 5.81. The maximum atomic E-state index is 12.4.